The maximum Gasteiger partial charge on any atom is 0.334 e. The van der Waals surface area contributed by atoms with E-state index in [0.717, 1.165) is 25.9 Å². The zero-order chi connectivity index (χ0) is 13.4. The van der Waals surface area contributed by atoms with Gasteiger partial charge in [0.05, 0.1) is 12.6 Å². The zero-order valence-corrected chi connectivity index (χ0v) is 10.5. The molecule has 2 amide bonds. The van der Waals surface area contributed by atoms with Gasteiger partial charge in [0.2, 0.25) is 0 Å². The normalized spacial score (nSPS) is 20.4. The molecule has 1 fully saturated rings. The van der Waals surface area contributed by atoms with Gasteiger partial charge in [0, 0.05) is 20.3 Å². The van der Waals surface area contributed by atoms with E-state index >= 15 is 0 Å². The fraction of sp³-hybridized carbons (Fsp3) is 0.818. The van der Waals surface area contributed by atoms with Gasteiger partial charge in [-0.2, -0.15) is 0 Å². The number of carbonyl (C=O) groups is 2. The standard InChI is InChI=1S/C11H20N2O5/c1-17-9(10(14)15)7-13-11(16)12-5-4-8-3-2-6-18-8/h8-9H,2-7H2,1H3,(H,14,15)(H2,12,13,16). The van der Waals surface area contributed by atoms with Crippen molar-refractivity contribution in [1.29, 1.82) is 0 Å². The molecular weight excluding hydrogens is 240 g/mol. The molecule has 18 heavy (non-hydrogen) atoms. The Kier molecular flexibility index (Phi) is 6.45. The van der Waals surface area contributed by atoms with Crippen LogP contribution in [0.25, 0.3) is 0 Å². The summed E-state index contributed by atoms with van der Waals surface area (Å²) in [6, 6.07) is -0.392. The third-order valence-corrected chi connectivity index (χ3v) is 2.78. The van der Waals surface area contributed by atoms with E-state index in [-0.39, 0.29) is 12.6 Å². The number of carboxylic acid groups (broad SMARTS) is 1. The molecule has 0 bridgehead atoms. The molecule has 0 aromatic carbocycles. The highest BCUT2D eigenvalue weighted by molar-refractivity contribution is 5.76. The van der Waals surface area contributed by atoms with Crippen LogP contribution in [0.1, 0.15) is 19.3 Å². The van der Waals surface area contributed by atoms with Crippen molar-refractivity contribution in [2.24, 2.45) is 0 Å². The van der Waals surface area contributed by atoms with E-state index in [9.17, 15) is 9.59 Å². The van der Waals surface area contributed by atoms with Crippen LogP contribution in [-0.4, -0.2) is 56.1 Å². The summed E-state index contributed by atoms with van der Waals surface area (Å²) in [5, 5.41) is 13.8. The summed E-state index contributed by atoms with van der Waals surface area (Å²) in [4.78, 5) is 22.0. The van der Waals surface area contributed by atoms with Crippen molar-refractivity contribution in [1.82, 2.24) is 10.6 Å². The summed E-state index contributed by atoms with van der Waals surface area (Å²) >= 11 is 0. The predicted molar refractivity (Wildman–Crippen MR) is 63.4 cm³/mol. The molecule has 2 atom stereocenters. The van der Waals surface area contributed by atoms with Gasteiger partial charge >= 0.3 is 12.0 Å². The Bertz CT molecular complexity index is 279. The minimum Gasteiger partial charge on any atom is -0.479 e. The van der Waals surface area contributed by atoms with Crippen molar-refractivity contribution < 1.29 is 24.2 Å². The van der Waals surface area contributed by atoms with Crippen molar-refractivity contribution in [3.63, 3.8) is 0 Å². The minimum atomic E-state index is -1.10. The van der Waals surface area contributed by atoms with E-state index in [1.807, 2.05) is 0 Å². The van der Waals surface area contributed by atoms with Crippen molar-refractivity contribution in [3.05, 3.63) is 0 Å². The molecule has 1 aliphatic rings. The van der Waals surface area contributed by atoms with Gasteiger partial charge in [-0.3, -0.25) is 0 Å². The third-order valence-electron chi connectivity index (χ3n) is 2.78. The van der Waals surface area contributed by atoms with Crippen LogP contribution in [0.2, 0.25) is 0 Å². The Labute approximate surface area is 106 Å². The number of hydrogen-bond donors (Lipinski definition) is 3. The Hall–Kier alpha value is -1.34. The van der Waals surface area contributed by atoms with Crippen LogP contribution in [0.15, 0.2) is 0 Å². The Morgan fingerprint density at radius 2 is 2.28 bits per heavy atom. The molecule has 0 radical (unpaired) electrons. The second kappa shape index (κ2) is 7.88. The summed E-state index contributed by atoms with van der Waals surface area (Å²) in [5.41, 5.74) is 0. The fourth-order valence-corrected chi connectivity index (χ4v) is 1.74. The van der Waals surface area contributed by atoms with E-state index in [0.29, 0.717) is 6.54 Å². The van der Waals surface area contributed by atoms with Crippen LogP contribution in [0.3, 0.4) is 0 Å². The summed E-state index contributed by atoms with van der Waals surface area (Å²) in [5.74, 6) is -1.10. The highest BCUT2D eigenvalue weighted by atomic mass is 16.5. The van der Waals surface area contributed by atoms with Crippen molar-refractivity contribution in [3.8, 4) is 0 Å². The number of aliphatic carboxylic acids is 1. The van der Waals surface area contributed by atoms with Crippen LogP contribution in [-0.2, 0) is 14.3 Å². The summed E-state index contributed by atoms with van der Waals surface area (Å²) in [7, 11) is 1.29. The quantitative estimate of drug-likeness (QED) is 0.596. The summed E-state index contributed by atoms with van der Waals surface area (Å²) in [6.45, 7) is 1.25. The van der Waals surface area contributed by atoms with Crippen LogP contribution >= 0.6 is 0 Å². The lowest BCUT2D eigenvalue weighted by Crippen LogP contribution is -2.43. The topological polar surface area (TPSA) is 96.9 Å². The number of amides is 2. The van der Waals surface area contributed by atoms with E-state index in [4.69, 9.17) is 9.84 Å². The highest BCUT2D eigenvalue weighted by Gasteiger charge is 2.18. The minimum absolute atomic E-state index is 0.0579. The molecule has 0 aromatic heterocycles. The smallest absolute Gasteiger partial charge is 0.334 e. The number of rotatable bonds is 7. The van der Waals surface area contributed by atoms with Crippen molar-refractivity contribution in [2.45, 2.75) is 31.5 Å². The molecule has 1 aliphatic heterocycles. The third kappa shape index (κ3) is 5.33. The van der Waals surface area contributed by atoms with E-state index in [1.54, 1.807) is 0 Å². The lowest BCUT2D eigenvalue weighted by molar-refractivity contribution is -0.147. The van der Waals surface area contributed by atoms with Crippen LogP contribution in [0, 0.1) is 0 Å². The van der Waals surface area contributed by atoms with E-state index < -0.39 is 18.1 Å². The first kappa shape index (κ1) is 14.7. The first-order valence-electron chi connectivity index (χ1n) is 6.02. The number of nitrogens with one attached hydrogen (secondary N) is 2. The van der Waals surface area contributed by atoms with Crippen LogP contribution in [0.4, 0.5) is 4.79 Å². The molecular formula is C11H20N2O5. The summed E-state index contributed by atoms with van der Waals surface area (Å²) < 4.78 is 10.1. The highest BCUT2D eigenvalue weighted by Crippen LogP contribution is 2.14. The van der Waals surface area contributed by atoms with Crippen molar-refractivity contribution in [2.75, 3.05) is 26.8 Å². The molecule has 1 saturated heterocycles. The number of methoxy groups -OCH3 is 1. The number of carboxylic acids is 1. The first-order chi connectivity index (χ1) is 8.63. The van der Waals surface area contributed by atoms with Gasteiger partial charge in [-0.05, 0) is 19.3 Å². The van der Waals surface area contributed by atoms with E-state index in [2.05, 4.69) is 15.4 Å². The Morgan fingerprint density at radius 1 is 1.50 bits per heavy atom. The van der Waals surface area contributed by atoms with Gasteiger partial charge in [0.25, 0.3) is 0 Å². The largest absolute Gasteiger partial charge is 0.479 e. The van der Waals surface area contributed by atoms with Gasteiger partial charge in [-0.15, -0.1) is 0 Å². The Morgan fingerprint density at radius 3 is 2.83 bits per heavy atom. The molecule has 2 unspecified atom stereocenters. The lowest BCUT2D eigenvalue weighted by atomic mass is 10.2. The molecule has 0 aliphatic carbocycles. The average Bonchev–Trinajstić information content (AvgIpc) is 2.82. The molecule has 7 nitrogen and oxygen atoms in total. The van der Waals surface area contributed by atoms with Crippen molar-refractivity contribution >= 4 is 12.0 Å². The van der Waals surface area contributed by atoms with Gasteiger partial charge in [-0.1, -0.05) is 0 Å². The van der Waals surface area contributed by atoms with E-state index in [1.165, 1.54) is 7.11 Å². The van der Waals surface area contributed by atoms with Crippen LogP contribution in [0.5, 0.6) is 0 Å². The van der Waals surface area contributed by atoms with Gasteiger partial charge < -0.3 is 25.2 Å². The Balaban J connectivity index is 2.07. The second-order valence-electron chi connectivity index (χ2n) is 4.12. The lowest BCUT2D eigenvalue weighted by Gasteiger charge is -2.13. The van der Waals surface area contributed by atoms with Gasteiger partial charge in [0.1, 0.15) is 0 Å². The fourth-order valence-electron chi connectivity index (χ4n) is 1.74. The zero-order valence-electron chi connectivity index (χ0n) is 10.5. The SMILES string of the molecule is COC(CNC(=O)NCCC1CCCO1)C(=O)O. The first-order valence-corrected chi connectivity index (χ1v) is 6.02. The molecule has 0 spiro atoms. The van der Waals surface area contributed by atoms with Gasteiger partial charge in [-0.25, -0.2) is 9.59 Å². The second-order valence-corrected chi connectivity index (χ2v) is 4.12. The molecule has 1 rings (SSSR count). The molecule has 7 heteroatoms. The molecule has 3 N–H and O–H groups in total. The number of carbonyl (C=O) groups excluding carboxylic acids is 1. The van der Waals surface area contributed by atoms with Gasteiger partial charge in [0.15, 0.2) is 6.10 Å². The molecule has 0 aromatic rings. The number of hydrogen-bond acceptors (Lipinski definition) is 4. The predicted octanol–water partition coefficient (Wildman–Crippen LogP) is -0.0457. The van der Waals surface area contributed by atoms with Crippen LogP contribution < -0.4 is 10.6 Å². The summed E-state index contributed by atoms with van der Waals surface area (Å²) in [6.07, 6.45) is 2.10. The maximum atomic E-state index is 11.3. The monoisotopic (exact) mass is 260 g/mol. The average molecular weight is 260 g/mol. The number of urea groups is 1. The molecule has 1 heterocycles. The molecule has 0 saturated carbocycles. The maximum absolute atomic E-state index is 11.3. The molecule has 104 valence electrons. The number of ether oxygens (including phenoxy) is 2.